The third kappa shape index (κ3) is 3.88. The summed E-state index contributed by atoms with van der Waals surface area (Å²) in [5, 5.41) is 0. The SMILES string of the molecule is CSc1[s+]sc(-c2ccc(Br)cc2)c1-c1ccccc1.[I-]. The van der Waals surface area contributed by atoms with Gasteiger partial charge in [0.25, 0.3) is 4.21 Å². The monoisotopic (exact) mass is 506 g/mol. The van der Waals surface area contributed by atoms with E-state index >= 15 is 0 Å². The van der Waals surface area contributed by atoms with Crippen molar-refractivity contribution in [1.29, 1.82) is 0 Å². The van der Waals surface area contributed by atoms with Gasteiger partial charge in [-0.25, -0.2) is 0 Å². The van der Waals surface area contributed by atoms with Crippen LogP contribution >= 0.6 is 48.4 Å². The smallest absolute Gasteiger partial charge is 0.308 e. The summed E-state index contributed by atoms with van der Waals surface area (Å²) in [4.78, 5) is 1.36. The highest BCUT2D eigenvalue weighted by molar-refractivity contribution is 9.10. The number of halogens is 2. The molecular weight excluding hydrogens is 495 g/mol. The molecule has 0 N–H and O–H groups in total. The lowest BCUT2D eigenvalue weighted by Gasteiger charge is -2.02. The Bertz CT molecular complexity index is 708. The number of rotatable bonds is 3. The van der Waals surface area contributed by atoms with Gasteiger partial charge in [-0.15, -0.1) is 0 Å². The molecule has 0 atom stereocenters. The van der Waals surface area contributed by atoms with Crippen LogP contribution in [0.5, 0.6) is 0 Å². The molecule has 0 amide bonds. The molecule has 3 aromatic rings. The van der Waals surface area contributed by atoms with Crippen LogP contribution in [0.2, 0.25) is 0 Å². The minimum Gasteiger partial charge on any atom is -1.00 e. The predicted octanol–water partition coefficient (Wildman–Crippen LogP) is 3.91. The summed E-state index contributed by atoms with van der Waals surface area (Å²) in [6.45, 7) is 0. The standard InChI is InChI=1S/C16H12BrS3.HI/c1-18-16-14(11-5-3-2-4-6-11)15(19-20-16)12-7-9-13(17)10-8-12;/h2-10H,1H3;1H/q+1;/p-1. The Morgan fingerprint density at radius 1 is 0.952 bits per heavy atom. The molecule has 0 aliphatic rings. The first-order valence-electron chi connectivity index (χ1n) is 6.11. The molecule has 1 heterocycles. The first-order chi connectivity index (χ1) is 9.79. The fourth-order valence-electron chi connectivity index (χ4n) is 2.04. The first kappa shape index (κ1) is 17.4. The molecule has 0 bridgehead atoms. The van der Waals surface area contributed by atoms with Gasteiger partial charge >= 0.3 is 10.3 Å². The molecular formula is C16H12BrIS3. The molecule has 3 rings (SSSR count). The Morgan fingerprint density at radius 2 is 1.62 bits per heavy atom. The quantitative estimate of drug-likeness (QED) is 0.224. The van der Waals surface area contributed by atoms with E-state index in [1.165, 1.54) is 25.8 Å². The zero-order chi connectivity index (χ0) is 13.9. The van der Waals surface area contributed by atoms with E-state index in [4.69, 9.17) is 0 Å². The fourth-order valence-corrected chi connectivity index (χ4v) is 6.31. The van der Waals surface area contributed by atoms with E-state index in [9.17, 15) is 0 Å². The van der Waals surface area contributed by atoms with E-state index < -0.39 is 0 Å². The average molecular weight is 507 g/mol. The first-order valence-corrected chi connectivity index (χ1v) is 10.3. The highest BCUT2D eigenvalue weighted by Gasteiger charge is 2.25. The van der Waals surface area contributed by atoms with E-state index in [1.807, 2.05) is 32.4 Å². The molecule has 0 spiro atoms. The average Bonchev–Trinajstić information content (AvgIpc) is 2.93. The van der Waals surface area contributed by atoms with E-state index in [2.05, 4.69) is 76.8 Å². The molecule has 1 aromatic heterocycles. The van der Waals surface area contributed by atoms with Gasteiger partial charge in [0.1, 0.15) is 4.88 Å². The second-order valence-corrected chi connectivity index (χ2v) is 8.38. The number of benzene rings is 2. The van der Waals surface area contributed by atoms with Gasteiger partial charge in [-0.05, 0) is 29.5 Å². The molecule has 5 heteroatoms. The van der Waals surface area contributed by atoms with E-state index in [-0.39, 0.29) is 24.0 Å². The summed E-state index contributed by atoms with van der Waals surface area (Å²) >= 11 is 5.33. The lowest BCUT2D eigenvalue weighted by molar-refractivity contribution is -0.00000359. The van der Waals surface area contributed by atoms with Gasteiger partial charge in [0.05, 0.1) is 5.56 Å². The Hall–Kier alpha value is 0.0500. The molecule has 0 aliphatic carbocycles. The number of hydrogen-bond acceptors (Lipinski definition) is 2. The summed E-state index contributed by atoms with van der Waals surface area (Å²) < 4.78 is 2.51. The summed E-state index contributed by atoms with van der Waals surface area (Å²) in [6, 6.07) is 19.2. The van der Waals surface area contributed by atoms with Crippen molar-refractivity contribution in [2.24, 2.45) is 0 Å². The topological polar surface area (TPSA) is 0 Å². The molecule has 0 unspecified atom stereocenters. The summed E-state index contributed by atoms with van der Waals surface area (Å²) in [7, 11) is 3.72. The highest BCUT2D eigenvalue weighted by Crippen LogP contribution is 2.47. The molecule has 108 valence electrons. The van der Waals surface area contributed by atoms with Gasteiger partial charge in [-0.1, -0.05) is 70.2 Å². The summed E-state index contributed by atoms with van der Waals surface area (Å²) in [6.07, 6.45) is 2.15. The third-order valence-electron chi connectivity index (χ3n) is 2.99. The van der Waals surface area contributed by atoms with Gasteiger partial charge < -0.3 is 24.0 Å². The normalized spacial score (nSPS) is 10.2. The van der Waals surface area contributed by atoms with E-state index in [0.717, 1.165) is 4.47 Å². The van der Waals surface area contributed by atoms with Crippen molar-refractivity contribution in [2.75, 3.05) is 6.26 Å². The maximum atomic E-state index is 3.50. The van der Waals surface area contributed by atoms with Crippen molar-refractivity contribution >= 4 is 48.4 Å². The second kappa shape index (κ2) is 8.06. The van der Waals surface area contributed by atoms with Gasteiger partial charge in [0.2, 0.25) is 0 Å². The maximum absolute atomic E-state index is 3.50. The molecule has 0 aliphatic heterocycles. The van der Waals surface area contributed by atoms with E-state index in [1.54, 1.807) is 0 Å². The van der Waals surface area contributed by atoms with Crippen molar-refractivity contribution < 1.29 is 24.0 Å². The van der Waals surface area contributed by atoms with Crippen LogP contribution in [0.1, 0.15) is 0 Å². The van der Waals surface area contributed by atoms with Crippen LogP contribution in [0.25, 0.3) is 21.6 Å². The molecule has 2 aromatic carbocycles. The highest BCUT2D eigenvalue weighted by atomic mass is 127. The molecule has 0 radical (unpaired) electrons. The number of hydrogen-bond donors (Lipinski definition) is 0. The molecule has 21 heavy (non-hydrogen) atoms. The minimum absolute atomic E-state index is 0. The van der Waals surface area contributed by atoms with Crippen LogP contribution in [-0.4, -0.2) is 6.26 Å². The van der Waals surface area contributed by atoms with Crippen LogP contribution < -0.4 is 24.0 Å². The Kier molecular flexibility index (Phi) is 6.68. The minimum atomic E-state index is 0. The Morgan fingerprint density at radius 3 is 2.24 bits per heavy atom. The van der Waals surface area contributed by atoms with E-state index in [0.29, 0.717) is 0 Å². The second-order valence-electron chi connectivity index (χ2n) is 4.24. The van der Waals surface area contributed by atoms with Gasteiger partial charge in [-0.2, -0.15) is 0 Å². The van der Waals surface area contributed by atoms with Crippen molar-refractivity contribution in [1.82, 2.24) is 0 Å². The third-order valence-corrected chi connectivity index (χ3v) is 7.45. The predicted molar refractivity (Wildman–Crippen MR) is 97.0 cm³/mol. The largest absolute Gasteiger partial charge is 1.00 e. The number of thioether (sulfide) groups is 1. The molecule has 0 fully saturated rings. The van der Waals surface area contributed by atoms with Crippen molar-refractivity contribution in [3.05, 3.63) is 59.1 Å². The van der Waals surface area contributed by atoms with Gasteiger partial charge in [-0.3, -0.25) is 0 Å². The Balaban J connectivity index is 0.00000161. The summed E-state index contributed by atoms with van der Waals surface area (Å²) in [5.41, 5.74) is 3.95. The molecule has 0 nitrogen and oxygen atoms in total. The van der Waals surface area contributed by atoms with Crippen LogP contribution in [0.3, 0.4) is 0 Å². The molecule has 0 saturated heterocycles. The molecule has 0 saturated carbocycles. The van der Waals surface area contributed by atoms with Crippen molar-refractivity contribution in [3.8, 4) is 21.6 Å². The van der Waals surface area contributed by atoms with Crippen molar-refractivity contribution in [3.63, 3.8) is 0 Å². The van der Waals surface area contributed by atoms with Crippen LogP contribution in [0, 0.1) is 0 Å². The van der Waals surface area contributed by atoms with Gasteiger partial charge in [0, 0.05) is 4.47 Å². The van der Waals surface area contributed by atoms with Crippen molar-refractivity contribution in [2.45, 2.75) is 4.21 Å². The van der Waals surface area contributed by atoms with Gasteiger partial charge in [0.15, 0.2) is 10.3 Å². The lowest BCUT2D eigenvalue weighted by Crippen LogP contribution is -3.00. The lowest BCUT2D eigenvalue weighted by atomic mass is 10.0. The van der Waals surface area contributed by atoms with Crippen LogP contribution in [0.15, 0.2) is 63.3 Å². The fraction of sp³-hybridized carbons (Fsp3) is 0.0625. The van der Waals surface area contributed by atoms with Crippen LogP contribution in [-0.2, 0) is 0 Å². The maximum Gasteiger partial charge on any atom is 0.308 e. The summed E-state index contributed by atoms with van der Waals surface area (Å²) in [5.74, 6) is 0. The zero-order valence-corrected chi connectivity index (χ0v) is 17.4. The Labute approximate surface area is 162 Å². The zero-order valence-electron chi connectivity index (χ0n) is 11.2. The van der Waals surface area contributed by atoms with Crippen LogP contribution in [0.4, 0.5) is 0 Å².